The smallest absolute Gasteiger partial charge is 0.331 e. The summed E-state index contributed by atoms with van der Waals surface area (Å²) in [7, 11) is 0. The highest BCUT2D eigenvalue weighted by Gasteiger charge is 2.09. The first-order valence-electron chi connectivity index (χ1n) is 3.73. The summed E-state index contributed by atoms with van der Waals surface area (Å²) in [6.07, 6.45) is 0.451. The molecule has 0 bridgehead atoms. The van der Waals surface area contributed by atoms with Crippen LogP contribution >= 0.6 is 0 Å². The van der Waals surface area contributed by atoms with Gasteiger partial charge in [0, 0.05) is 25.0 Å². The predicted molar refractivity (Wildman–Crippen MR) is 44.6 cm³/mol. The molecule has 0 radical (unpaired) electrons. The van der Waals surface area contributed by atoms with Crippen molar-refractivity contribution in [1.82, 2.24) is 0 Å². The number of carboxylic acid groups (broad SMARTS) is 2. The van der Waals surface area contributed by atoms with Crippen molar-refractivity contribution in [2.75, 3.05) is 6.61 Å². The lowest BCUT2D eigenvalue weighted by Gasteiger charge is -2.01. The van der Waals surface area contributed by atoms with Crippen LogP contribution in [0.4, 0.5) is 0 Å². The van der Waals surface area contributed by atoms with Crippen LogP contribution in [0.5, 0.6) is 0 Å². The van der Waals surface area contributed by atoms with Crippen molar-refractivity contribution >= 4 is 17.9 Å². The minimum absolute atomic E-state index is 0.124. The highest BCUT2D eigenvalue weighted by atomic mass is 16.5. The van der Waals surface area contributed by atoms with Gasteiger partial charge >= 0.3 is 17.9 Å². The molecule has 0 aromatic heterocycles. The molecule has 0 saturated heterocycles. The zero-order chi connectivity index (χ0) is 11.1. The van der Waals surface area contributed by atoms with Crippen LogP contribution in [0.15, 0.2) is 11.6 Å². The summed E-state index contributed by atoms with van der Waals surface area (Å²) in [5.74, 6) is -3.21. The zero-order valence-electron chi connectivity index (χ0n) is 7.52. The maximum atomic E-state index is 10.4. The second-order valence-electron chi connectivity index (χ2n) is 2.40. The van der Waals surface area contributed by atoms with Gasteiger partial charge in [0.05, 0.1) is 6.61 Å². The van der Waals surface area contributed by atoms with E-state index in [9.17, 15) is 14.4 Å². The van der Waals surface area contributed by atoms with E-state index < -0.39 is 17.9 Å². The van der Waals surface area contributed by atoms with Gasteiger partial charge in [-0.3, -0.25) is 4.79 Å². The topological polar surface area (TPSA) is 101 Å². The minimum Gasteiger partial charge on any atom is -0.478 e. The summed E-state index contributed by atoms with van der Waals surface area (Å²) in [5, 5.41) is 16.8. The Morgan fingerprint density at radius 3 is 2.21 bits per heavy atom. The first kappa shape index (κ1) is 12.2. The Morgan fingerprint density at radius 2 is 1.86 bits per heavy atom. The van der Waals surface area contributed by atoms with Gasteiger partial charge in [0.15, 0.2) is 0 Å². The third-order valence-corrected chi connectivity index (χ3v) is 1.25. The third kappa shape index (κ3) is 5.76. The van der Waals surface area contributed by atoms with E-state index in [1.165, 1.54) is 6.92 Å². The summed E-state index contributed by atoms with van der Waals surface area (Å²) in [6.45, 7) is 1.04. The van der Waals surface area contributed by atoms with Crippen LogP contribution in [0.3, 0.4) is 0 Å². The molecule has 0 saturated carbocycles. The van der Waals surface area contributed by atoms with E-state index in [1.54, 1.807) is 0 Å². The summed E-state index contributed by atoms with van der Waals surface area (Å²) in [5.41, 5.74) is -0.307. The number of carbonyl (C=O) groups is 3. The van der Waals surface area contributed by atoms with Gasteiger partial charge in [0.2, 0.25) is 0 Å². The molecule has 0 spiro atoms. The normalized spacial score (nSPS) is 10.8. The minimum atomic E-state index is -1.34. The van der Waals surface area contributed by atoms with Gasteiger partial charge in [0.25, 0.3) is 0 Å². The molecule has 78 valence electrons. The fraction of sp³-hybridized carbons (Fsp3) is 0.375. The van der Waals surface area contributed by atoms with Crippen LogP contribution in [0.25, 0.3) is 0 Å². The molecular weight excluding hydrogens is 192 g/mol. The average Bonchev–Trinajstić information content (AvgIpc) is 2.00. The Morgan fingerprint density at radius 1 is 1.29 bits per heavy atom. The molecule has 2 N–H and O–H groups in total. The molecule has 0 atom stereocenters. The monoisotopic (exact) mass is 202 g/mol. The third-order valence-electron chi connectivity index (χ3n) is 1.25. The number of hydrogen-bond donors (Lipinski definition) is 2. The predicted octanol–water partition coefficient (Wildman–Crippen LogP) is 0.0352. The molecule has 0 aliphatic rings. The van der Waals surface area contributed by atoms with E-state index in [2.05, 4.69) is 4.74 Å². The highest BCUT2D eigenvalue weighted by Crippen LogP contribution is 2.02. The van der Waals surface area contributed by atoms with Crippen molar-refractivity contribution in [3.63, 3.8) is 0 Å². The van der Waals surface area contributed by atoms with Crippen molar-refractivity contribution in [2.45, 2.75) is 13.3 Å². The Hall–Kier alpha value is -1.85. The fourth-order valence-corrected chi connectivity index (χ4v) is 0.695. The summed E-state index contributed by atoms with van der Waals surface area (Å²) < 4.78 is 4.47. The van der Waals surface area contributed by atoms with Gasteiger partial charge in [-0.1, -0.05) is 0 Å². The van der Waals surface area contributed by atoms with Gasteiger partial charge < -0.3 is 14.9 Å². The molecule has 0 unspecified atom stereocenters. The molecule has 0 aromatic carbocycles. The van der Waals surface area contributed by atoms with Gasteiger partial charge in [-0.2, -0.15) is 0 Å². The SMILES string of the molecule is CC(=O)OCC/C(=C/C(=O)O)C(=O)O. The van der Waals surface area contributed by atoms with Crippen LogP contribution in [0.2, 0.25) is 0 Å². The van der Waals surface area contributed by atoms with Gasteiger partial charge in [-0.25, -0.2) is 9.59 Å². The van der Waals surface area contributed by atoms with Crippen molar-refractivity contribution in [1.29, 1.82) is 0 Å². The molecule has 0 fully saturated rings. The number of aliphatic carboxylic acids is 2. The second-order valence-corrected chi connectivity index (χ2v) is 2.40. The molecule has 0 rings (SSSR count). The lowest BCUT2D eigenvalue weighted by atomic mass is 10.2. The summed E-state index contributed by atoms with van der Waals surface area (Å²) in [4.78, 5) is 30.9. The van der Waals surface area contributed by atoms with Crippen molar-refractivity contribution in [3.8, 4) is 0 Å². The Kier molecular flexibility index (Phi) is 4.98. The molecule has 0 heterocycles. The molecule has 6 heteroatoms. The van der Waals surface area contributed by atoms with Gasteiger partial charge in [-0.05, 0) is 0 Å². The van der Waals surface area contributed by atoms with E-state index in [1.807, 2.05) is 0 Å². The molecule has 6 nitrogen and oxygen atoms in total. The van der Waals surface area contributed by atoms with E-state index in [0.29, 0.717) is 6.08 Å². The molecular formula is C8H10O6. The zero-order valence-corrected chi connectivity index (χ0v) is 7.52. The van der Waals surface area contributed by atoms with Crippen LogP contribution in [-0.2, 0) is 19.1 Å². The van der Waals surface area contributed by atoms with E-state index in [0.717, 1.165) is 0 Å². The maximum Gasteiger partial charge on any atom is 0.331 e. The lowest BCUT2D eigenvalue weighted by molar-refractivity contribution is -0.141. The van der Waals surface area contributed by atoms with Crippen molar-refractivity contribution in [3.05, 3.63) is 11.6 Å². The van der Waals surface area contributed by atoms with E-state index in [-0.39, 0.29) is 18.6 Å². The van der Waals surface area contributed by atoms with Crippen LogP contribution in [0, 0.1) is 0 Å². The van der Waals surface area contributed by atoms with E-state index in [4.69, 9.17) is 10.2 Å². The van der Waals surface area contributed by atoms with Gasteiger partial charge in [-0.15, -0.1) is 0 Å². The highest BCUT2D eigenvalue weighted by molar-refractivity contribution is 5.94. The largest absolute Gasteiger partial charge is 0.478 e. The molecule has 14 heavy (non-hydrogen) atoms. The molecule has 0 amide bonds. The first-order valence-corrected chi connectivity index (χ1v) is 3.73. The molecule has 0 aromatic rings. The quantitative estimate of drug-likeness (QED) is 0.482. The number of hydrogen-bond acceptors (Lipinski definition) is 4. The second kappa shape index (κ2) is 5.74. The van der Waals surface area contributed by atoms with Gasteiger partial charge in [0.1, 0.15) is 0 Å². The first-order chi connectivity index (χ1) is 6.43. The van der Waals surface area contributed by atoms with Crippen molar-refractivity contribution < 1.29 is 29.3 Å². The number of carboxylic acids is 2. The van der Waals surface area contributed by atoms with Crippen LogP contribution < -0.4 is 0 Å². The Bertz CT molecular complexity index is 278. The summed E-state index contributed by atoms with van der Waals surface area (Å²) in [6, 6.07) is 0. The van der Waals surface area contributed by atoms with E-state index >= 15 is 0 Å². The number of rotatable bonds is 5. The standard InChI is InChI=1S/C8H10O6/c1-5(9)14-3-2-6(8(12)13)4-7(10)11/h4H,2-3H2,1H3,(H,10,11)(H,12,13)/b6-4-. The van der Waals surface area contributed by atoms with Crippen LogP contribution in [-0.4, -0.2) is 34.7 Å². The Labute approximate surface area is 79.8 Å². The van der Waals surface area contributed by atoms with Crippen molar-refractivity contribution in [2.24, 2.45) is 0 Å². The average molecular weight is 202 g/mol. The maximum absolute atomic E-state index is 10.4. The number of ether oxygens (including phenoxy) is 1. The number of carbonyl (C=O) groups excluding carboxylic acids is 1. The fourth-order valence-electron chi connectivity index (χ4n) is 0.695. The molecule has 0 aliphatic heterocycles. The lowest BCUT2D eigenvalue weighted by Crippen LogP contribution is -2.08. The number of esters is 1. The summed E-state index contributed by atoms with van der Waals surface area (Å²) >= 11 is 0. The van der Waals surface area contributed by atoms with Crippen LogP contribution in [0.1, 0.15) is 13.3 Å². The molecule has 0 aliphatic carbocycles. The Balaban J connectivity index is 4.19.